The highest BCUT2D eigenvalue weighted by molar-refractivity contribution is 5.81. The van der Waals surface area contributed by atoms with Crippen LogP contribution in [0.3, 0.4) is 0 Å². The third kappa shape index (κ3) is 3.79. The summed E-state index contributed by atoms with van der Waals surface area (Å²) >= 11 is 0. The Bertz CT molecular complexity index is 1250. The summed E-state index contributed by atoms with van der Waals surface area (Å²) in [6, 6.07) is 9.61. The van der Waals surface area contributed by atoms with Crippen LogP contribution in [0.2, 0.25) is 0 Å². The molecule has 0 aliphatic carbocycles. The second-order valence-corrected chi connectivity index (χ2v) is 7.83. The molecule has 3 heterocycles. The highest BCUT2D eigenvalue weighted by Crippen LogP contribution is 2.22. The Balaban J connectivity index is 1.51. The van der Waals surface area contributed by atoms with Gasteiger partial charge in [0.1, 0.15) is 17.9 Å². The first kappa shape index (κ1) is 21.7. The standard InChI is InChI=1S/C23H29N5O4/c1-4-27-21-19(22(30)28(5-2)23(27)31)9-10-26(21)16-20(29)25-13-11-24(12-14-25)17-7-6-8-18(15-17)32-3/h6-10,15H,4-5,11-14,16H2,1-3H3. The average Bonchev–Trinajstić information content (AvgIpc) is 3.23. The van der Waals surface area contributed by atoms with Crippen molar-refractivity contribution in [1.82, 2.24) is 18.6 Å². The van der Waals surface area contributed by atoms with Crippen LogP contribution < -0.4 is 20.9 Å². The molecule has 0 radical (unpaired) electrons. The molecule has 0 unspecified atom stereocenters. The zero-order chi connectivity index (χ0) is 22.8. The molecular weight excluding hydrogens is 410 g/mol. The Hall–Kier alpha value is -3.49. The van der Waals surface area contributed by atoms with Gasteiger partial charge in [-0.3, -0.25) is 18.7 Å². The van der Waals surface area contributed by atoms with Gasteiger partial charge in [0.05, 0.1) is 12.5 Å². The van der Waals surface area contributed by atoms with E-state index in [1.54, 1.807) is 35.4 Å². The van der Waals surface area contributed by atoms with Gasteiger partial charge in [0, 0.05) is 57.2 Å². The molecule has 9 heteroatoms. The number of hydrogen-bond acceptors (Lipinski definition) is 5. The quantitative estimate of drug-likeness (QED) is 0.579. The van der Waals surface area contributed by atoms with Crippen LogP contribution in [0.1, 0.15) is 13.8 Å². The van der Waals surface area contributed by atoms with Crippen molar-refractivity contribution in [3.05, 3.63) is 57.4 Å². The smallest absolute Gasteiger partial charge is 0.332 e. The first-order chi connectivity index (χ1) is 15.5. The zero-order valence-electron chi connectivity index (χ0n) is 18.8. The van der Waals surface area contributed by atoms with E-state index in [1.165, 1.54) is 4.57 Å². The first-order valence-electron chi connectivity index (χ1n) is 11.0. The number of fused-ring (bicyclic) bond motifs is 1. The van der Waals surface area contributed by atoms with Crippen LogP contribution in [0.5, 0.6) is 5.75 Å². The molecule has 170 valence electrons. The van der Waals surface area contributed by atoms with E-state index in [-0.39, 0.29) is 23.7 Å². The molecule has 2 aromatic heterocycles. The van der Waals surface area contributed by atoms with Gasteiger partial charge in [-0.25, -0.2) is 4.79 Å². The summed E-state index contributed by atoms with van der Waals surface area (Å²) in [7, 11) is 1.65. The molecular formula is C23H29N5O4. The second kappa shape index (κ2) is 8.94. The number of amides is 1. The minimum absolute atomic E-state index is 0.0254. The minimum Gasteiger partial charge on any atom is -0.497 e. The summed E-state index contributed by atoms with van der Waals surface area (Å²) in [5.41, 5.74) is 0.935. The number of carbonyl (C=O) groups excluding carboxylic acids is 1. The molecule has 9 nitrogen and oxygen atoms in total. The van der Waals surface area contributed by atoms with E-state index in [2.05, 4.69) is 4.90 Å². The lowest BCUT2D eigenvalue weighted by Crippen LogP contribution is -2.49. The molecule has 3 aromatic rings. The first-order valence-corrected chi connectivity index (χ1v) is 11.0. The number of aromatic nitrogens is 3. The van der Waals surface area contributed by atoms with Gasteiger partial charge in [-0.2, -0.15) is 0 Å². The molecule has 0 N–H and O–H groups in total. The number of methoxy groups -OCH3 is 1. The van der Waals surface area contributed by atoms with Crippen LogP contribution in [-0.2, 0) is 24.4 Å². The molecule has 1 amide bonds. The molecule has 0 atom stereocenters. The molecule has 1 aromatic carbocycles. The van der Waals surface area contributed by atoms with Gasteiger partial charge in [-0.15, -0.1) is 0 Å². The fourth-order valence-electron chi connectivity index (χ4n) is 4.36. The molecule has 1 aliphatic heterocycles. The molecule has 1 fully saturated rings. The van der Waals surface area contributed by atoms with E-state index in [0.29, 0.717) is 37.2 Å². The Kier molecular flexibility index (Phi) is 6.07. The summed E-state index contributed by atoms with van der Waals surface area (Å²) in [4.78, 5) is 42.5. The Morgan fingerprint density at radius 1 is 1.00 bits per heavy atom. The molecule has 1 aliphatic rings. The van der Waals surface area contributed by atoms with Gasteiger partial charge in [0.2, 0.25) is 5.91 Å². The number of carbonyl (C=O) groups is 1. The van der Waals surface area contributed by atoms with Gasteiger partial charge in [0.15, 0.2) is 0 Å². The van der Waals surface area contributed by atoms with E-state index in [1.807, 2.05) is 36.1 Å². The normalized spacial score (nSPS) is 14.2. The number of piperazine rings is 1. The topological polar surface area (TPSA) is 81.7 Å². The van der Waals surface area contributed by atoms with Crippen molar-refractivity contribution in [1.29, 1.82) is 0 Å². The Labute approximate surface area is 186 Å². The molecule has 0 saturated carbocycles. The molecule has 1 saturated heterocycles. The monoisotopic (exact) mass is 439 g/mol. The van der Waals surface area contributed by atoms with Crippen LogP contribution in [0.15, 0.2) is 46.1 Å². The minimum atomic E-state index is -0.341. The van der Waals surface area contributed by atoms with Gasteiger partial charge in [0.25, 0.3) is 5.56 Å². The summed E-state index contributed by atoms with van der Waals surface area (Å²) in [6.45, 7) is 7.15. The Morgan fingerprint density at radius 2 is 1.72 bits per heavy atom. The van der Waals surface area contributed by atoms with E-state index < -0.39 is 0 Å². The van der Waals surface area contributed by atoms with E-state index in [4.69, 9.17) is 4.74 Å². The van der Waals surface area contributed by atoms with E-state index >= 15 is 0 Å². The van der Waals surface area contributed by atoms with Crippen molar-refractivity contribution in [2.75, 3.05) is 38.2 Å². The lowest BCUT2D eigenvalue weighted by atomic mass is 10.2. The van der Waals surface area contributed by atoms with Gasteiger partial charge in [-0.05, 0) is 32.0 Å². The van der Waals surface area contributed by atoms with Crippen molar-refractivity contribution in [3.63, 3.8) is 0 Å². The second-order valence-electron chi connectivity index (χ2n) is 7.83. The van der Waals surface area contributed by atoms with Crippen molar-refractivity contribution in [2.24, 2.45) is 0 Å². The SMILES string of the molecule is CCn1c(=O)c2ccn(CC(=O)N3CCN(c4cccc(OC)c4)CC3)c2n(CC)c1=O. The van der Waals surface area contributed by atoms with Crippen LogP contribution in [-0.4, -0.2) is 57.8 Å². The molecule has 4 rings (SSSR count). The molecule has 32 heavy (non-hydrogen) atoms. The van der Waals surface area contributed by atoms with Crippen molar-refractivity contribution >= 4 is 22.6 Å². The lowest BCUT2D eigenvalue weighted by Gasteiger charge is -2.36. The van der Waals surface area contributed by atoms with E-state index in [9.17, 15) is 14.4 Å². The number of aryl methyl sites for hydroxylation is 1. The predicted molar refractivity (Wildman–Crippen MR) is 124 cm³/mol. The van der Waals surface area contributed by atoms with Gasteiger partial charge < -0.3 is 19.1 Å². The third-order valence-electron chi connectivity index (χ3n) is 6.12. The number of rotatable bonds is 6. The summed E-state index contributed by atoms with van der Waals surface area (Å²) < 4.78 is 9.82. The van der Waals surface area contributed by atoms with Crippen LogP contribution in [0.4, 0.5) is 5.69 Å². The number of nitrogens with zero attached hydrogens (tertiary/aromatic N) is 5. The summed E-state index contributed by atoms with van der Waals surface area (Å²) in [6.07, 6.45) is 1.72. The molecule has 0 bridgehead atoms. The maximum atomic E-state index is 13.0. The Morgan fingerprint density at radius 3 is 2.38 bits per heavy atom. The van der Waals surface area contributed by atoms with Crippen LogP contribution in [0, 0.1) is 0 Å². The zero-order valence-corrected chi connectivity index (χ0v) is 18.8. The summed E-state index contributed by atoms with van der Waals surface area (Å²) in [5.74, 6) is 0.784. The molecule has 0 spiro atoms. The van der Waals surface area contributed by atoms with Gasteiger partial charge in [-0.1, -0.05) is 6.07 Å². The predicted octanol–water partition coefficient (Wildman–Crippen LogP) is 1.36. The number of hydrogen-bond donors (Lipinski definition) is 0. The largest absolute Gasteiger partial charge is 0.497 e. The van der Waals surface area contributed by atoms with Gasteiger partial charge >= 0.3 is 5.69 Å². The average molecular weight is 440 g/mol. The van der Waals surface area contributed by atoms with Crippen LogP contribution in [0.25, 0.3) is 11.0 Å². The summed E-state index contributed by atoms with van der Waals surface area (Å²) in [5, 5.41) is 0.462. The maximum absolute atomic E-state index is 13.0. The highest BCUT2D eigenvalue weighted by atomic mass is 16.5. The third-order valence-corrected chi connectivity index (χ3v) is 6.12. The number of benzene rings is 1. The van der Waals surface area contributed by atoms with Crippen molar-refractivity contribution < 1.29 is 9.53 Å². The maximum Gasteiger partial charge on any atom is 0.332 e. The van der Waals surface area contributed by atoms with Crippen molar-refractivity contribution in [3.8, 4) is 5.75 Å². The number of anilines is 1. The van der Waals surface area contributed by atoms with Crippen LogP contribution >= 0.6 is 0 Å². The number of ether oxygens (including phenoxy) is 1. The lowest BCUT2D eigenvalue weighted by molar-refractivity contribution is -0.132. The fraction of sp³-hybridized carbons (Fsp3) is 0.435. The van der Waals surface area contributed by atoms with E-state index in [0.717, 1.165) is 24.5 Å². The highest BCUT2D eigenvalue weighted by Gasteiger charge is 2.23. The van der Waals surface area contributed by atoms with Crippen molar-refractivity contribution in [2.45, 2.75) is 33.5 Å². The fourth-order valence-corrected chi connectivity index (χ4v) is 4.36.